The number of rotatable bonds is 2. The molecule has 1 aromatic heterocycles. The Morgan fingerprint density at radius 2 is 2.26 bits per heavy atom. The summed E-state index contributed by atoms with van der Waals surface area (Å²) in [6, 6.07) is 5.72. The molecule has 6 nitrogen and oxygen atoms in total. The van der Waals surface area contributed by atoms with Crippen LogP contribution in [-0.4, -0.2) is 47.3 Å². The van der Waals surface area contributed by atoms with Crippen LogP contribution in [0.2, 0.25) is 0 Å². The molecule has 19 heavy (non-hydrogen) atoms. The summed E-state index contributed by atoms with van der Waals surface area (Å²) in [7, 11) is 0. The lowest BCUT2D eigenvalue weighted by molar-refractivity contribution is 0.0676. The van der Waals surface area contributed by atoms with Crippen molar-refractivity contribution >= 4 is 23.3 Å². The van der Waals surface area contributed by atoms with Crippen molar-refractivity contribution in [1.82, 2.24) is 15.2 Å². The maximum absolute atomic E-state index is 5.90. The number of nitrogens with zero attached hydrogens (tertiary/aromatic N) is 3. The molecule has 1 saturated heterocycles. The Morgan fingerprint density at radius 3 is 2.95 bits per heavy atom. The maximum atomic E-state index is 5.90. The standard InChI is InChI=1S/C12H17N5OS/c13-11(17-5-7-18-8-6-17)16-12(19)15-9-10-3-1-2-4-14-10/h1-4H,5-9H2,(H3,13,15,16,19). The summed E-state index contributed by atoms with van der Waals surface area (Å²) < 4.78 is 5.25. The summed E-state index contributed by atoms with van der Waals surface area (Å²) in [6.07, 6.45) is 1.74. The van der Waals surface area contributed by atoms with Crippen molar-refractivity contribution in [3.8, 4) is 0 Å². The van der Waals surface area contributed by atoms with Crippen molar-refractivity contribution in [3.63, 3.8) is 0 Å². The van der Waals surface area contributed by atoms with Crippen molar-refractivity contribution in [1.29, 1.82) is 0 Å². The first-order valence-corrected chi connectivity index (χ1v) is 6.51. The van der Waals surface area contributed by atoms with E-state index in [2.05, 4.69) is 15.3 Å². The molecule has 0 aliphatic carbocycles. The average Bonchev–Trinajstić information content (AvgIpc) is 2.47. The Kier molecular flexibility index (Phi) is 5.05. The molecule has 7 heteroatoms. The summed E-state index contributed by atoms with van der Waals surface area (Å²) in [5.74, 6) is 0.432. The molecule has 0 spiro atoms. The molecule has 1 aliphatic rings. The normalized spacial score (nSPS) is 16.2. The zero-order valence-corrected chi connectivity index (χ0v) is 11.4. The number of hydrogen-bond donors (Lipinski definition) is 2. The minimum Gasteiger partial charge on any atom is -0.378 e. The van der Waals surface area contributed by atoms with Crippen LogP contribution < -0.4 is 11.1 Å². The van der Waals surface area contributed by atoms with Gasteiger partial charge in [0, 0.05) is 19.3 Å². The predicted octanol–water partition coefficient (Wildman–Crippen LogP) is 0.103. The molecule has 2 heterocycles. The molecule has 0 aromatic carbocycles. The molecule has 0 bridgehead atoms. The molecule has 102 valence electrons. The van der Waals surface area contributed by atoms with Gasteiger partial charge < -0.3 is 20.7 Å². The van der Waals surface area contributed by atoms with Gasteiger partial charge in [0.25, 0.3) is 0 Å². The van der Waals surface area contributed by atoms with Gasteiger partial charge in [-0.15, -0.1) is 0 Å². The Labute approximate surface area is 117 Å². The van der Waals surface area contributed by atoms with Gasteiger partial charge in [0.2, 0.25) is 0 Å². The third-order valence-electron chi connectivity index (χ3n) is 2.70. The molecule has 0 amide bonds. The second-order valence-corrected chi connectivity index (χ2v) is 4.44. The van der Waals surface area contributed by atoms with Gasteiger partial charge >= 0.3 is 0 Å². The highest BCUT2D eigenvalue weighted by Crippen LogP contribution is 1.97. The number of thiocarbonyl (C=S) groups is 1. The highest BCUT2D eigenvalue weighted by Gasteiger charge is 2.12. The monoisotopic (exact) mass is 279 g/mol. The second kappa shape index (κ2) is 7.01. The van der Waals surface area contributed by atoms with Crippen LogP contribution in [0.4, 0.5) is 0 Å². The van der Waals surface area contributed by atoms with Gasteiger partial charge in [0.1, 0.15) is 0 Å². The van der Waals surface area contributed by atoms with Gasteiger partial charge in [-0.3, -0.25) is 4.98 Å². The highest BCUT2D eigenvalue weighted by atomic mass is 32.1. The van der Waals surface area contributed by atoms with Gasteiger partial charge in [0.05, 0.1) is 25.5 Å². The topological polar surface area (TPSA) is 75.8 Å². The number of nitrogens with two attached hydrogens (primary N) is 1. The minimum atomic E-state index is 0.370. The molecule has 0 atom stereocenters. The van der Waals surface area contributed by atoms with Gasteiger partial charge in [0.15, 0.2) is 11.1 Å². The zero-order chi connectivity index (χ0) is 13.5. The third kappa shape index (κ3) is 4.46. The summed E-state index contributed by atoms with van der Waals surface area (Å²) in [6.45, 7) is 3.38. The molecule has 0 unspecified atom stereocenters. The van der Waals surface area contributed by atoms with Gasteiger partial charge in [-0.25, -0.2) is 0 Å². The Morgan fingerprint density at radius 1 is 1.47 bits per heavy atom. The first-order valence-electron chi connectivity index (χ1n) is 6.10. The lowest BCUT2D eigenvalue weighted by Crippen LogP contribution is -2.45. The summed E-state index contributed by atoms with van der Waals surface area (Å²) >= 11 is 5.13. The molecule has 1 fully saturated rings. The third-order valence-corrected chi connectivity index (χ3v) is 2.93. The fourth-order valence-corrected chi connectivity index (χ4v) is 1.84. The van der Waals surface area contributed by atoms with Crippen molar-refractivity contribution in [2.45, 2.75) is 6.54 Å². The van der Waals surface area contributed by atoms with Crippen molar-refractivity contribution in [3.05, 3.63) is 30.1 Å². The van der Waals surface area contributed by atoms with E-state index in [1.165, 1.54) is 0 Å². The molecule has 1 aliphatic heterocycles. The number of pyridine rings is 1. The molecular formula is C12H17N5OS. The molecule has 1 aromatic rings. The predicted molar refractivity (Wildman–Crippen MR) is 77.7 cm³/mol. The van der Waals surface area contributed by atoms with Crippen LogP contribution in [-0.2, 0) is 11.3 Å². The van der Waals surface area contributed by atoms with E-state index in [0.29, 0.717) is 30.8 Å². The van der Waals surface area contributed by atoms with E-state index in [-0.39, 0.29) is 0 Å². The van der Waals surface area contributed by atoms with E-state index in [1.54, 1.807) is 6.20 Å². The van der Waals surface area contributed by atoms with E-state index >= 15 is 0 Å². The van der Waals surface area contributed by atoms with E-state index in [9.17, 15) is 0 Å². The summed E-state index contributed by atoms with van der Waals surface area (Å²) in [4.78, 5) is 10.3. The molecule has 0 saturated carbocycles. The fourth-order valence-electron chi connectivity index (χ4n) is 1.68. The van der Waals surface area contributed by atoms with Crippen LogP contribution in [0.5, 0.6) is 0 Å². The Hall–Kier alpha value is -1.73. The Balaban J connectivity index is 1.82. The number of aromatic nitrogens is 1. The number of ether oxygens (including phenoxy) is 1. The van der Waals surface area contributed by atoms with E-state index < -0.39 is 0 Å². The van der Waals surface area contributed by atoms with E-state index in [0.717, 1.165) is 18.8 Å². The van der Waals surface area contributed by atoms with Crippen molar-refractivity contribution in [2.24, 2.45) is 10.7 Å². The number of hydrogen-bond acceptors (Lipinski definition) is 3. The number of guanidine groups is 1. The van der Waals surface area contributed by atoms with Gasteiger partial charge in [-0.2, -0.15) is 4.99 Å². The number of aliphatic imine (C=N–C) groups is 1. The Bertz CT molecular complexity index is 445. The average molecular weight is 279 g/mol. The largest absolute Gasteiger partial charge is 0.378 e. The quantitative estimate of drug-likeness (QED) is 0.454. The van der Waals surface area contributed by atoms with Crippen LogP contribution in [0, 0.1) is 0 Å². The smallest absolute Gasteiger partial charge is 0.198 e. The summed E-state index contributed by atoms with van der Waals surface area (Å²) in [5.41, 5.74) is 6.80. The highest BCUT2D eigenvalue weighted by molar-refractivity contribution is 7.80. The SMILES string of the molecule is NC(=NC(=S)NCc1ccccn1)N1CCOCC1. The van der Waals surface area contributed by atoms with Crippen LogP contribution in [0.15, 0.2) is 29.4 Å². The van der Waals surface area contributed by atoms with Crippen molar-refractivity contribution in [2.75, 3.05) is 26.3 Å². The number of morpholine rings is 1. The van der Waals surface area contributed by atoms with E-state index in [1.807, 2.05) is 23.1 Å². The lowest BCUT2D eigenvalue weighted by atomic mass is 10.3. The first-order chi connectivity index (χ1) is 9.25. The molecule has 2 rings (SSSR count). The van der Waals surface area contributed by atoms with Crippen LogP contribution >= 0.6 is 12.2 Å². The maximum Gasteiger partial charge on any atom is 0.198 e. The van der Waals surface area contributed by atoms with Crippen LogP contribution in [0.1, 0.15) is 5.69 Å². The molecule has 0 radical (unpaired) electrons. The van der Waals surface area contributed by atoms with Gasteiger partial charge in [-0.05, 0) is 24.4 Å². The minimum absolute atomic E-state index is 0.370. The molecular weight excluding hydrogens is 262 g/mol. The first kappa shape index (κ1) is 13.7. The van der Waals surface area contributed by atoms with Crippen molar-refractivity contribution < 1.29 is 4.74 Å². The van der Waals surface area contributed by atoms with Crippen LogP contribution in [0.3, 0.4) is 0 Å². The second-order valence-electron chi connectivity index (χ2n) is 4.05. The summed E-state index contributed by atoms with van der Waals surface area (Å²) in [5, 5.41) is 3.38. The zero-order valence-electron chi connectivity index (χ0n) is 10.6. The van der Waals surface area contributed by atoms with E-state index in [4.69, 9.17) is 22.7 Å². The van der Waals surface area contributed by atoms with Gasteiger partial charge in [-0.1, -0.05) is 6.07 Å². The van der Waals surface area contributed by atoms with Crippen LogP contribution in [0.25, 0.3) is 0 Å². The lowest BCUT2D eigenvalue weighted by Gasteiger charge is -2.27. The fraction of sp³-hybridized carbons (Fsp3) is 0.417. The molecule has 3 N–H and O–H groups in total. The number of nitrogens with one attached hydrogen (secondary N) is 1.